The van der Waals surface area contributed by atoms with E-state index < -0.39 is 0 Å². The molecule has 0 N–H and O–H groups in total. The number of benzene rings is 1. The highest BCUT2D eigenvalue weighted by Crippen LogP contribution is 2.38. The molecule has 3 rings (SSSR count). The number of aromatic nitrogens is 2. The van der Waals surface area contributed by atoms with Crippen molar-refractivity contribution in [2.45, 2.75) is 77.6 Å². The van der Waals surface area contributed by atoms with Gasteiger partial charge in [0, 0.05) is 12.0 Å². The highest BCUT2D eigenvalue weighted by Gasteiger charge is 2.22. The van der Waals surface area contributed by atoms with Crippen LogP contribution in [0, 0.1) is 5.92 Å². The first-order valence-corrected chi connectivity index (χ1v) is 9.73. The molecule has 1 aliphatic rings. The second-order valence-electron chi connectivity index (χ2n) is 7.20. The summed E-state index contributed by atoms with van der Waals surface area (Å²) >= 11 is 0. The Morgan fingerprint density at radius 3 is 2.38 bits per heavy atom. The molecule has 1 heterocycles. The van der Waals surface area contributed by atoms with E-state index >= 15 is 0 Å². The summed E-state index contributed by atoms with van der Waals surface area (Å²) in [5.41, 5.74) is 2.53. The molecule has 3 heteroatoms. The van der Waals surface area contributed by atoms with E-state index in [-0.39, 0.29) is 0 Å². The van der Waals surface area contributed by atoms with Crippen molar-refractivity contribution in [2.24, 2.45) is 5.92 Å². The van der Waals surface area contributed by atoms with Crippen LogP contribution in [-0.4, -0.2) is 10.1 Å². The molecule has 0 radical (unpaired) electrons. The lowest BCUT2D eigenvalue weighted by Crippen LogP contribution is -2.13. The van der Waals surface area contributed by atoms with Gasteiger partial charge in [-0.25, -0.2) is 0 Å². The number of rotatable bonds is 7. The zero-order valence-electron chi connectivity index (χ0n) is 15.1. The van der Waals surface area contributed by atoms with Crippen LogP contribution in [0.3, 0.4) is 0 Å². The average molecular weight is 326 g/mol. The molecule has 0 atom stereocenters. The van der Waals surface area contributed by atoms with Crippen LogP contribution >= 0.6 is 0 Å². The number of hydrogen-bond donors (Lipinski definition) is 0. The van der Waals surface area contributed by atoms with E-state index in [9.17, 15) is 0 Å². The zero-order chi connectivity index (χ0) is 16.8. The van der Waals surface area contributed by atoms with Gasteiger partial charge in [-0.2, -0.15) is 4.98 Å². The van der Waals surface area contributed by atoms with Crippen LogP contribution in [0.2, 0.25) is 0 Å². The van der Waals surface area contributed by atoms with Crippen LogP contribution in [0.1, 0.15) is 82.6 Å². The van der Waals surface area contributed by atoms with Gasteiger partial charge in [-0.05, 0) is 43.1 Å². The summed E-state index contributed by atoms with van der Waals surface area (Å²) < 4.78 is 5.21. The van der Waals surface area contributed by atoms with Crippen molar-refractivity contribution in [1.29, 1.82) is 0 Å². The van der Waals surface area contributed by atoms with Gasteiger partial charge in [0.15, 0.2) is 0 Å². The molecule has 1 aliphatic carbocycles. The van der Waals surface area contributed by atoms with Crippen LogP contribution in [0.5, 0.6) is 0 Å². The van der Waals surface area contributed by atoms with Gasteiger partial charge < -0.3 is 4.52 Å². The SMILES string of the molecule is CCCCCC1CCC(c2ccc(-c3noc(CC)n3)cc2)CC1. The second kappa shape index (κ2) is 8.46. The van der Waals surface area contributed by atoms with Crippen molar-refractivity contribution < 1.29 is 4.52 Å². The van der Waals surface area contributed by atoms with Crippen LogP contribution in [0.15, 0.2) is 28.8 Å². The fourth-order valence-corrected chi connectivity index (χ4v) is 3.89. The third-order valence-corrected chi connectivity index (χ3v) is 5.47. The highest BCUT2D eigenvalue weighted by atomic mass is 16.5. The molecule has 1 aromatic heterocycles. The fourth-order valence-electron chi connectivity index (χ4n) is 3.89. The highest BCUT2D eigenvalue weighted by molar-refractivity contribution is 5.54. The van der Waals surface area contributed by atoms with E-state index in [1.165, 1.54) is 56.9 Å². The summed E-state index contributed by atoms with van der Waals surface area (Å²) in [5.74, 6) is 3.12. The van der Waals surface area contributed by atoms with Crippen molar-refractivity contribution in [3.8, 4) is 11.4 Å². The molecule has 1 fully saturated rings. The molecular weight excluding hydrogens is 296 g/mol. The molecule has 0 unspecified atom stereocenters. The third-order valence-electron chi connectivity index (χ3n) is 5.47. The summed E-state index contributed by atoms with van der Waals surface area (Å²) in [7, 11) is 0. The Morgan fingerprint density at radius 1 is 1.00 bits per heavy atom. The van der Waals surface area contributed by atoms with Crippen molar-refractivity contribution in [2.75, 3.05) is 0 Å². The molecule has 24 heavy (non-hydrogen) atoms. The average Bonchev–Trinajstić information content (AvgIpc) is 3.12. The minimum Gasteiger partial charge on any atom is -0.339 e. The molecule has 2 aromatic rings. The van der Waals surface area contributed by atoms with Crippen LogP contribution in [0.25, 0.3) is 11.4 Å². The third kappa shape index (κ3) is 4.25. The largest absolute Gasteiger partial charge is 0.339 e. The van der Waals surface area contributed by atoms with E-state index in [1.54, 1.807) is 0 Å². The van der Waals surface area contributed by atoms with E-state index in [2.05, 4.69) is 41.3 Å². The molecule has 0 spiro atoms. The number of nitrogens with zero attached hydrogens (tertiary/aromatic N) is 2. The summed E-state index contributed by atoms with van der Waals surface area (Å²) in [6.45, 7) is 4.32. The van der Waals surface area contributed by atoms with Gasteiger partial charge in [-0.15, -0.1) is 0 Å². The molecule has 0 bridgehead atoms. The van der Waals surface area contributed by atoms with Gasteiger partial charge in [-0.1, -0.05) is 69.0 Å². The van der Waals surface area contributed by atoms with E-state index in [0.29, 0.717) is 11.7 Å². The van der Waals surface area contributed by atoms with E-state index in [0.717, 1.165) is 23.8 Å². The van der Waals surface area contributed by atoms with Crippen molar-refractivity contribution >= 4 is 0 Å². The van der Waals surface area contributed by atoms with Gasteiger partial charge >= 0.3 is 0 Å². The maximum Gasteiger partial charge on any atom is 0.226 e. The smallest absolute Gasteiger partial charge is 0.226 e. The lowest BCUT2D eigenvalue weighted by Gasteiger charge is -2.29. The first kappa shape index (κ1) is 17.2. The summed E-state index contributed by atoms with van der Waals surface area (Å²) in [5, 5.41) is 4.06. The van der Waals surface area contributed by atoms with E-state index in [1.807, 2.05) is 6.92 Å². The van der Waals surface area contributed by atoms with Crippen LogP contribution in [-0.2, 0) is 6.42 Å². The zero-order valence-corrected chi connectivity index (χ0v) is 15.1. The fraction of sp³-hybridized carbons (Fsp3) is 0.619. The Bertz CT molecular complexity index is 609. The Kier molecular flexibility index (Phi) is 6.06. The summed E-state index contributed by atoms with van der Waals surface area (Å²) in [4.78, 5) is 4.41. The van der Waals surface area contributed by atoms with Crippen molar-refractivity contribution in [3.05, 3.63) is 35.7 Å². The van der Waals surface area contributed by atoms with Gasteiger partial charge in [-0.3, -0.25) is 0 Å². The predicted molar refractivity (Wildman–Crippen MR) is 98.0 cm³/mol. The Labute approximate surface area is 145 Å². The predicted octanol–water partition coefficient (Wildman–Crippen LogP) is 6.15. The summed E-state index contributed by atoms with van der Waals surface area (Å²) in [6, 6.07) is 8.82. The molecule has 0 amide bonds. The first-order valence-electron chi connectivity index (χ1n) is 9.73. The monoisotopic (exact) mass is 326 g/mol. The maximum atomic E-state index is 5.21. The molecule has 3 nitrogen and oxygen atoms in total. The van der Waals surface area contributed by atoms with Gasteiger partial charge in [0.2, 0.25) is 11.7 Å². The number of aryl methyl sites for hydroxylation is 1. The van der Waals surface area contributed by atoms with Gasteiger partial charge in [0.1, 0.15) is 0 Å². The Morgan fingerprint density at radius 2 is 1.75 bits per heavy atom. The Hall–Kier alpha value is -1.64. The molecule has 130 valence electrons. The topological polar surface area (TPSA) is 38.9 Å². The minimum absolute atomic E-state index is 0.704. The van der Waals surface area contributed by atoms with Crippen LogP contribution < -0.4 is 0 Å². The lowest BCUT2D eigenvalue weighted by atomic mass is 9.77. The molecule has 0 saturated heterocycles. The van der Waals surface area contributed by atoms with Crippen molar-refractivity contribution in [3.63, 3.8) is 0 Å². The molecule has 1 saturated carbocycles. The molecule has 1 aromatic carbocycles. The number of unbranched alkanes of at least 4 members (excludes halogenated alkanes) is 2. The normalized spacial score (nSPS) is 21.1. The van der Waals surface area contributed by atoms with Crippen molar-refractivity contribution in [1.82, 2.24) is 10.1 Å². The number of hydrogen-bond acceptors (Lipinski definition) is 3. The lowest BCUT2D eigenvalue weighted by molar-refractivity contribution is 0.303. The molecular formula is C21H30N2O. The standard InChI is InChI=1S/C21H30N2O/c1-3-5-6-7-16-8-10-17(11-9-16)18-12-14-19(15-13-18)21-22-20(4-2)24-23-21/h12-17H,3-11H2,1-2H3. The molecule has 0 aliphatic heterocycles. The minimum atomic E-state index is 0.704. The quantitative estimate of drug-likeness (QED) is 0.572. The second-order valence-corrected chi connectivity index (χ2v) is 7.20. The summed E-state index contributed by atoms with van der Waals surface area (Å²) in [6.07, 6.45) is 11.9. The maximum absolute atomic E-state index is 5.21. The first-order chi connectivity index (χ1) is 11.8. The van der Waals surface area contributed by atoms with Gasteiger partial charge in [0.25, 0.3) is 0 Å². The van der Waals surface area contributed by atoms with Gasteiger partial charge in [0.05, 0.1) is 0 Å². The Balaban J connectivity index is 1.55. The van der Waals surface area contributed by atoms with Crippen LogP contribution in [0.4, 0.5) is 0 Å². The van der Waals surface area contributed by atoms with E-state index in [4.69, 9.17) is 4.52 Å².